The molecule has 1 rings (SSSR count). The fourth-order valence-corrected chi connectivity index (χ4v) is 2.56. The first kappa shape index (κ1) is 14.0. The Morgan fingerprint density at radius 2 is 1.94 bits per heavy atom. The van der Waals surface area contributed by atoms with Crippen LogP contribution in [0, 0.1) is 11.8 Å². The van der Waals surface area contributed by atoms with Crippen molar-refractivity contribution in [2.45, 2.75) is 58.9 Å². The van der Waals surface area contributed by atoms with Crippen LogP contribution in [0.25, 0.3) is 0 Å². The Labute approximate surface area is 101 Å². The van der Waals surface area contributed by atoms with Gasteiger partial charge in [-0.15, -0.1) is 0 Å². The minimum atomic E-state index is 0.725. The molecule has 1 saturated heterocycles. The first-order valence-electron chi connectivity index (χ1n) is 7.03. The number of hydrogen-bond acceptors (Lipinski definition) is 2. The van der Waals surface area contributed by atoms with E-state index in [0.29, 0.717) is 0 Å². The third-order valence-electron chi connectivity index (χ3n) is 3.40. The molecule has 1 heterocycles. The monoisotopic (exact) mass is 227 g/mol. The van der Waals surface area contributed by atoms with Gasteiger partial charge in [0, 0.05) is 19.3 Å². The third-order valence-corrected chi connectivity index (χ3v) is 3.40. The molecule has 0 saturated carbocycles. The van der Waals surface area contributed by atoms with Crippen LogP contribution in [0.5, 0.6) is 0 Å². The van der Waals surface area contributed by atoms with Crippen molar-refractivity contribution in [3.05, 3.63) is 0 Å². The Kier molecular flexibility index (Phi) is 7.06. The molecule has 0 bridgehead atoms. The molecule has 0 aromatic carbocycles. The number of rotatable bonds is 7. The molecule has 1 atom stereocenters. The van der Waals surface area contributed by atoms with E-state index in [0.717, 1.165) is 31.1 Å². The van der Waals surface area contributed by atoms with Gasteiger partial charge in [0.15, 0.2) is 0 Å². The van der Waals surface area contributed by atoms with E-state index in [1.807, 2.05) is 0 Å². The predicted molar refractivity (Wildman–Crippen MR) is 69.7 cm³/mol. The van der Waals surface area contributed by atoms with E-state index < -0.39 is 0 Å². The van der Waals surface area contributed by atoms with Gasteiger partial charge in [-0.05, 0) is 50.5 Å². The molecular formula is C14H29NO. The van der Waals surface area contributed by atoms with Crippen molar-refractivity contribution < 1.29 is 4.74 Å². The van der Waals surface area contributed by atoms with Crippen molar-refractivity contribution >= 4 is 0 Å². The quantitative estimate of drug-likeness (QED) is 0.721. The van der Waals surface area contributed by atoms with Gasteiger partial charge in [-0.25, -0.2) is 0 Å². The van der Waals surface area contributed by atoms with Gasteiger partial charge < -0.3 is 10.1 Å². The van der Waals surface area contributed by atoms with Crippen LogP contribution in [0.3, 0.4) is 0 Å². The molecule has 0 aliphatic carbocycles. The number of nitrogens with one attached hydrogen (secondary N) is 1. The predicted octanol–water partition coefficient (Wildman–Crippen LogP) is 3.22. The summed E-state index contributed by atoms with van der Waals surface area (Å²) in [7, 11) is 0. The fraction of sp³-hybridized carbons (Fsp3) is 1.00. The van der Waals surface area contributed by atoms with Crippen LogP contribution in [-0.4, -0.2) is 25.8 Å². The first-order valence-corrected chi connectivity index (χ1v) is 7.03. The fourth-order valence-electron chi connectivity index (χ4n) is 2.56. The summed E-state index contributed by atoms with van der Waals surface area (Å²) in [6, 6.07) is 0.725. The van der Waals surface area contributed by atoms with Crippen LogP contribution in [0.4, 0.5) is 0 Å². The summed E-state index contributed by atoms with van der Waals surface area (Å²) in [5.74, 6) is 1.69. The third kappa shape index (κ3) is 5.86. The van der Waals surface area contributed by atoms with Gasteiger partial charge in [0.2, 0.25) is 0 Å². The van der Waals surface area contributed by atoms with Gasteiger partial charge in [-0.2, -0.15) is 0 Å². The summed E-state index contributed by atoms with van der Waals surface area (Å²) in [6.45, 7) is 10.0. The average molecular weight is 227 g/mol. The van der Waals surface area contributed by atoms with Gasteiger partial charge in [-0.3, -0.25) is 0 Å². The minimum absolute atomic E-state index is 0.725. The average Bonchev–Trinajstić information content (AvgIpc) is 2.26. The molecular weight excluding hydrogens is 198 g/mol. The van der Waals surface area contributed by atoms with Crippen molar-refractivity contribution in [3.8, 4) is 0 Å². The molecule has 16 heavy (non-hydrogen) atoms. The lowest BCUT2D eigenvalue weighted by Gasteiger charge is -2.28. The van der Waals surface area contributed by atoms with Crippen LogP contribution in [0.15, 0.2) is 0 Å². The Hall–Kier alpha value is -0.0800. The highest BCUT2D eigenvalue weighted by Gasteiger charge is 2.19. The van der Waals surface area contributed by atoms with Crippen molar-refractivity contribution in [2.75, 3.05) is 19.8 Å². The van der Waals surface area contributed by atoms with Crippen molar-refractivity contribution in [1.29, 1.82) is 0 Å². The van der Waals surface area contributed by atoms with Gasteiger partial charge in [0.1, 0.15) is 0 Å². The summed E-state index contributed by atoms with van der Waals surface area (Å²) in [4.78, 5) is 0. The molecule has 2 nitrogen and oxygen atoms in total. The van der Waals surface area contributed by atoms with E-state index >= 15 is 0 Å². The van der Waals surface area contributed by atoms with E-state index in [4.69, 9.17) is 4.74 Å². The molecule has 0 amide bonds. The van der Waals surface area contributed by atoms with E-state index in [1.165, 1.54) is 38.6 Å². The van der Waals surface area contributed by atoms with Gasteiger partial charge in [-0.1, -0.05) is 20.8 Å². The number of ether oxygens (including phenoxy) is 1. The number of hydrogen-bond donors (Lipinski definition) is 1. The molecule has 1 unspecified atom stereocenters. The summed E-state index contributed by atoms with van der Waals surface area (Å²) in [6.07, 6.45) is 6.44. The van der Waals surface area contributed by atoms with Gasteiger partial charge >= 0.3 is 0 Å². The molecule has 1 aliphatic rings. The Morgan fingerprint density at radius 3 is 2.50 bits per heavy atom. The largest absolute Gasteiger partial charge is 0.381 e. The molecule has 1 aliphatic heterocycles. The zero-order chi connectivity index (χ0) is 11.8. The lowest BCUT2D eigenvalue weighted by atomic mass is 9.89. The molecule has 0 aromatic rings. The van der Waals surface area contributed by atoms with Crippen LogP contribution < -0.4 is 5.32 Å². The maximum atomic E-state index is 5.42. The summed E-state index contributed by atoms with van der Waals surface area (Å²) < 4.78 is 5.42. The lowest BCUT2D eigenvalue weighted by Crippen LogP contribution is -2.34. The van der Waals surface area contributed by atoms with Crippen LogP contribution in [0.1, 0.15) is 52.9 Å². The van der Waals surface area contributed by atoms with E-state index in [9.17, 15) is 0 Å². The van der Waals surface area contributed by atoms with Gasteiger partial charge in [0.25, 0.3) is 0 Å². The second-order valence-electron chi connectivity index (χ2n) is 5.57. The smallest absolute Gasteiger partial charge is 0.0468 e. The maximum absolute atomic E-state index is 5.42. The lowest BCUT2D eigenvalue weighted by molar-refractivity contribution is 0.0597. The molecule has 0 aromatic heterocycles. The maximum Gasteiger partial charge on any atom is 0.0468 e. The molecule has 1 fully saturated rings. The highest BCUT2D eigenvalue weighted by atomic mass is 16.5. The minimum Gasteiger partial charge on any atom is -0.381 e. The van der Waals surface area contributed by atoms with Crippen molar-refractivity contribution in [3.63, 3.8) is 0 Å². The van der Waals surface area contributed by atoms with Crippen molar-refractivity contribution in [1.82, 2.24) is 5.32 Å². The second kappa shape index (κ2) is 8.08. The normalized spacial score (nSPS) is 20.2. The van der Waals surface area contributed by atoms with Crippen molar-refractivity contribution in [2.24, 2.45) is 11.8 Å². The second-order valence-corrected chi connectivity index (χ2v) is 5.57. The standard InChI is InChI=1S/C14H29NO/c1-4-7-15-14(10-12(2)3)11-13-5-8-16-9-6-13/h12-15H,4-11H2,1-3H3. The summed E-state index contributed by atoms with van der Waals surface area (Å²) in [5.41, 5.74) is 0. The van der Waals surface area contributed by atoms with Gasteiger partial charge in [0.05, 0.1) is 0 Å². The van der Waals surface area contributed by atoms with E-state index in [-0.39, 0.29) is 0 Å². The Balaban J connectivity index is 2.28. The first-order chi connectivity index (χ1) is 7.72. The van der Waals surface area contributed by atoms with Crippen LogP contribution in [0.2, 0.25) is 0 Å². The Bertz CT molecular complexity index is 164. The highest BCUT2D eigenvalue weighted by molar-refractivity contribution is 4.75. The molecule has 0 radical (unpaired) electrons. The van der Waals surface area contributed by atoms with E-state index in [2.05, 4.69) is 26.1 Å². The molecule has 1 N–H and O–H groups in total. The van der Waals surface area contributed by atoms with E-state index in [1.54, 1.807) is 0 Å². The zero-order valence-electron chi connectivity index (χ0n) is 11.3. The molecule has 0 spiro atoms. The zero-order valence-corrected chi connectivity index (χ0v) is 11.3. The van der Waals surface area contributed by atoms with Crippen LogP contribution >= 0.6 is 0 Å². The SMILES string of the molecule is CCCNC(CC(C)C)CC1CCOCC1. The summed E-state index contributed by atoms with van der Waals surface area (Å²) in [5, 5.41) is 3.71. The highest BCUT2D eigenvalue weighted by Crippen LogP contribution is 2.22. The Morgan fingerprint density at radius 1 is 1.25 bits per heavy atom. The topological polar surface area (TPSA) is 21.3 Å². The molecule has 2 heteroatoms. The summed E-state index contributed by atoms with van der Waals surface area (Å²) >= 11 is 0. The van der Waals surface area contributed by atoms with Crippen LogP contribution in [-0.2, 0) is 4.74 Å². The molecule has 96 valence electrons.